The Morgan fingerprint density at radius 1 is 1.14 bits per heavy atom. The number of anilines is 1. The van der Waals surface area contributed by atoms with Crippen LogP contribution in [0, 0.1) is 0 Å². The minimum absolute atomic E-state index is 0.444. The predicted octanol–water partition coefficient (Wildman–Crippen LogP) is 2.24. The number of likely N-dealkylation sites (N-methyl/N-ethyl adjacent to an activating group) is 1. The van der Waals surface area contributed by atoms with Crippen molar-refractivity contribution in [3.63, 3.8) is 0 Å². The summed E-state index contributed by atoms with van der Waals surface area (Å²) in [6, 6.07) is 4.25. The average molecular weight is 403 g/mol. The van der Waals surface area contributed by atoms with Crippen molar-refractivity contribution < 1.29 is 4.74 Å². The predicted molar refractivity (Wildman–Crippen MR) is 120 cm³/mol. The van der Waals surface area contributed by atoms with Gasteiger partial charge in [0.05, 0.1) is 12.7 Å². The molecule has 0 radical (unpaired) electrons. The van der Waals surface area contributed by atoms with Crippen molar-refractivity contribution in [2.45, 2.75) is 51.2 Å². The van der Waals surface area contributed by atoms with Gasteiger partial charge in [0, 0.05) is 52.5 Å². The number of aromatic nitrogens is 1. The molecular weight excluding hydrogens is 364 g/mol. The summed E-state index contributed by atoms with van der Waals surface area (Å²) in [5, 5.41) is 6.76. The third-order valence-corrected chi connectivity index (χ3v) is 5.87. The fourth-order valence-electron chi connectivity index (χ4n) is 3.99. The Hall–Kier alpha value is -1.86. The minimum atomic E-state index is 0.444. The van der Waals surface area contributed by atoms with Crippen molar-refractivity contribution >= 4 is 11.8 Å². The second-order valence-corrected chi connectivity index (χ2v) is 8.15. The number of nitrogens with zero attached hydrogens (tertiary/aromatic N) is 4. The van der Waals surface area contributed by atoms with Crippen LogP contribution in [0.2, 0.25) is 0 Å². The Kier molecular flexibility index (Phi) is 9.02. The molecule has 1 aromatic heterocycles. The summed E-state index contributed by atoms with van der Waals surface area (Å²) in [5.74, 6) is 1.88. The maximum absolute atomic E-state index is 6.05. The summed E-state index contributed by atoms with van der Waals surface area (Å²) in [5.41, 5.74) is 1.21. The first kappa shape index (κ1) is 21.8. The molecule has 7 heteroatoms. The van der Waals surface area contributed by atoms with Crippen molar-refractivity contribution in [1.29, 1.82) is 0 Å². The van der Waals surface area contributed by atoms with Gasteiger partial charge in [-0.15, -0.1) is 0 Å². The molecule has 1 aromatic rings. The first-order valence-corrected chi connectivity index (χ1v) is 11.2. The summed E-state index contributed by atoms with van der Waals surface area (Å²) < 4.78 is 6.05. The highest BCUT2D eigenvalue weighted by Crippen LogP contribution is 2.19. The molecule has 162 valence electrons. The van der Waals surface area contributed by atoms with E-state index >= 15 is 0 Å². The van der Waals surface area contributed by atoms with Crippen LogP contribution in [-0.2, 0) is 11.3 Å². The van der Waals surface area contributed by atoms with Gasteiger partial charge in [0.15, 0.2) is 5.96 Å². The van der Waals surface area contributed by atoms with Crippen molar-refractivity contribution in [2.75, 3.05) is 58.3 Å². The molecule has 0 amide bonds. The lowest BCUT2D eigenvalue weighted by molar-refractivity contribution is 0.0468. The molecule has 1 aliphatic carbocycles. The first-order chi connectivity index (χ1) is 14.2. The highest BCUT2D eigenvalue weighted by atomic mass is 16.5. The second-order valence-electron chi connectivity index (χ2n) is 8.15. The van der Waals surface area contributed by atoms with Crippen LogP contribution in [-0.4, -0.2) is 75.4 Å². The number of piperazine rings is 1. The third kappa shape index (κ3) is 7.48. The van der Waals surface area contributed by atoms with Gasteiger partial charge in [-0.3, -0.25) is 4.99 Å². The van der Waals surface area contributed by atoms with E-state index in [1.54, 1.807) is 0 Å². The molecule has 0 atom stereocenters. The van der Waals surface area contributed by atoms with E-state index in [0.29, 0.717) is 6.10 Å². The number of hydrogen-bond donors (Lipinski definition) is 2. The smallest absolute Gasteiger partial charge is 0.191 e. The molecule has 0 spiro atoms. The zero-order chi connectivity index (χ0) is 20.3. The quantitative estimate of drug-likeness (QED) is 0.316. The van der Waals surface area contributed by atoms with E-state index in [0.717, 1.165) is 57.7 Å². The van der Waals surface area contributed by atoms with Gasteiger partial charge in [-0.25, -0.2) is 4.98 Å². The van der Waals surface area contributed by atoms with Crippen LogP contribution in [0.1, 0.15) is 44.1 Å². The highest BCUT2D eigenvalue weighted by molar-refractivity contribution is 5.79. The molecule has 2 aliphatic rings. The minimum Gasteiger partial charge on any atom is -0.376 e. The monoisotopic (exact) mass is 402 g/mol. The van der Waals surface area contributed by atoms with Gasteiger partial charge < -0.3 is 25.2 Å². The van der Waals surface area contributed by atoms with Crippen LogP contribution in [0.3, 0.4) is 0 Å². The lowest BCUT2D eigenvalue weighted by atomic mass is 10.1. The Labute approximate surface area is 175 Å². The fraction of sp³-hybridized carbons (Fsp3) is 0.727. The number of hydrogen-bond acceptors (Lipinski definition) is 5. The SMILES string of the molecule is CN=C(NCCOC1CCCCCC1)NCc1ccnc(N2CCN(C)CC2)c1. The van der Waals surface area contributed by atoms with Crippen molar-refractivity contribution in [3.8, 4) is 0 Å². The number of pyridine rings is 1. The van der Waals surface area contributed by atoms with Gasteiger partial charge in [0.2, 0.25) is 0 Å². The molecule has 2 heterocycles. The normalized spacial score (nSPS) is 19.8. The van der Waals surface area contributed by atoms with Crippen molar-refractivity contribution in [2.24, 2.45) is 4.99 Å². The largest absolute Gasteiger partial charge is 0.376 e. The molecule has 2 N–H and O–H groups in total. The lowest BCUT2D eigenvalue weighted by Gasteiger charge is -2.33. The standard InChI is InChI=1S/C22H38N6O/c1-23-22(25-11-16-29-20-7-5-3-4-6-8-20)26-18-19-9-10-24-21(17-19)28-14-12-27(2)13-15-28/h9-10,17,20H,3-8,11-16,18H2,1-2H3,(H2,23,25,26). The molecule has 1 saturated carbocycles. The third-order valence-electron chi connectivity index (χ3n) is 5.87. The van der Waals surface area contributed by atoms with Crippen LogP contribution >= 0.6 is 0 Å². The van der Waals surface area contributed by atoms with E-state index in [2.05, 4.69) is 49.6 Å². The number of aliphatic imine (C=N–C) groups is 1. The summed E-state index contributed by atoms with van der Waals surface area (Å²) in [6.07, 6.45) is 10.1. The van der Waals surface area contributed by atoms with Gasteiger partial charge >= 0.3 is 0 Å². The van der Waals surface area contributed by atoms with E-state index in [1.807, 2.05) is 13.2 Å². The van der Waals surface area contributed by atoms with Crippen molar-refractivity contribution in [3.05, 3.63) is 23.9 Å². The molecule has 2 fully saturated rings. The van der Waals surface area contributed by atoms with Gasteiger partial charge in [0.25, 0.3) is 0 Å². The molecular formula is C22H38N6O. The van der Waals surface area contributed by atoms with Crippen LogP contribution in [0.15, 0.2) is 23.3 Å². The maximum Gasteiger partial charge on any atom is 0.191 e. The fourth-order valence-corrected chi connectivity index (χ4v) is 3.99. The van der Waals surface area contributed by atoms with E-state index < -0.39 is 0 Å². The molecule has 7 nitrogen and oxygen atoms in total. The molecule has 29 heavy (non-hydrogen) atoms. The van der Waals surface area contributed by atoms with Crippen LogP contribution in [0.4, 0.5) is 5.82 Å². The maximum atomic E-state index is 6.05. The second kappa shape index (κ2) is 12.0. The number of rotatable bonds is 7. The van der Waals surface area contributed by atoms with E-state index in [1.165, 1.54) is 44.1 Å². The van der Waals surface area contributed by atoms with Crippen molar-refractivity contribution in [1.82, 2.24) is 20.5 Å². The van der Waals surface area contributed by atoms with Gasteiger partial charge in [-0.05, 0) is 37.6 Å². The van der Waals surface area contributed by atoms with Crippen LogP contribution in [0.25, 0.3) is 0 Å². The van der Waals surface area contributed by atoms with Crippen LogP contribution < -0.4 is 15.5 Å². The summed E-state index contributed by atoms with van der Waals surface area (Å²) in [4.78, 5) is 13.6. The van der Waals surface area contributed by atoms with E-state index in [9.17, 15) is 0 Å². The Morgan fingerprint density at radius 3 is 2.62 bits per heavy atom. The number of guanidine groups is 1. The zero-order valence-electron chi connectivity index (χ0n) is 18.2. The first-order valence-electron chi connectivity index (χ1n) is 11.2. The molecule has 0 aromatic carbocycles. The molecule has 0 unspecified atom stereocenters. The van der Waals surface area contributed by atoms with E-state index in [-0.39, 0.29) is 0 Å². The lowest BCUT2D eigenvalue weighted by Crippen LogP contribution is -2.44. The number of nitrogens with one attached hydrogen (secondary N) is 2. The molecule has 3 rings (SSSR count). The Balaban J connectivity index is 1.38. The van der Waals surface area contributed by atoms with Gasteiger partial charge in [-0.1, -0.05) is 25.7 Å². The Bertz CT molecular complexity index is 621. The molecule has 0 bridgehead atoms. The summed E-state index contributed by atoms with van der Waals surface area (Å²) in [6.45, 7) is 6.47. The van der Waals surface area contributed by atoms with E-state index in [4.69, 9.17) is 4.74 Å². The molecule has 1 aliphatic heterocycles. The summed E-state index contributed by atoms with van der Waals surface area (Å²) in [7, 11) is 3.98. The van der Waals surface area contributed by atoms with Gasteiger partial charge in [-0.2, -0.15) is 0 Å². The van der Waals surface area contributed by atoms with Gasteiger partial charge in [0.1, 0.15) is 5.82 Å². The van der Waals surface area contributed by atoms with Crippen LogP contribution in [0.5, 0.6) is 0 Å². The number of ether oxygens (including phenoxy) is 1. The average Bonchev–Trinajstić information content (AvgIpc) is 3.03. The zero-order valence-corrected chi connectivity index (χ0v) is 18.2. The topological polar surface area (TPSA) is 65.0 Å². The Morgan fingerprint density at radius 2 is 1.90 bits per heavy atom. The highest BCUT2D eigenvalue weighted by Gasteiger charge is 2.15. The molecule has 1 saturated heterocycles. The summed E-state index contributed by atoms with van der Waals surface area (Å²) >= 11 is 0.